The van der Waals surface area contributed by atoms with Crippen LogP contribution in [0.25, 0.3) is 6.08 Å². The van der Waals surface area contributed by atoms with Crippen molar-refractivity contribution in [1.29, 1.82) is 0 Å². The molecule has 12 heteroatoms. The molecule has 0 spiro atoms. The van der Waals surface area contributed by atoms with Crippen LogP contribution in [0, 0.1) is 3.57 Å². The summed E-state index contributed by atoms with van der Waals surface area (Å²) in [6.07, 6.45) is 1.36. The number of carbonyl (C=O) groups excluding carboxylic acids is 4. The van der Waals surface area contributed by atoms with Gasteiger partial charge in [-0.2, -0.15) is 0 Å². The van der Waals surface area contributed by atoms with Crippen molar-refractivity contribution < 1.29 is 28.7 Å². The maximum atomic E-state index is 13.1. The van der Waals surface area contributed by atoms with E-state index in [0.29, 0.717) is 31.3 Å². The lowest BCUT2D eigenvalue weighted by Gasteiger charge is -2.26. The summed E-state index contributed by atoms with van der Waals surface area (Å²) in [6, 6.07) is 15.7. The Morgan fingerprint density at radius 3 is 2.53 bits per heavy atom. The van der Waals surface area contributed by atoms with Gasteiger partial charge in [0.25, 0.3) is 17.7 Å². The quantitative estimate of drug-likeness (QED) is 0.193. The Labute approximate surface area is 244 Å². The number of anilines is 2. The third kappa shape index (κ3) is 6.17. The molecule has 1 aliphatic heterocycles. The highest BCUT2D eigenvalue weighted by Crippen LogP contribution is 2.35. The van der Waals surface area contributed by atoms with Gasteiger partial charge in [-0.05, 0) is 82.8 Å². The van der Waals surface area contributed by atoms with Crippen LogP contribution in [0.5, 0.6) is 11.5 Å². The predicted octanol–water partition coefficient (Wildman–Crippen LogP) is 5.40. The van der Waals surface area contributed by atoms with E-state index in [1.807, 2.05) is 22.6 Å². The molecule has 1 aliphatic rings. The van der Waals surface area contributed by atoms with Crippen LogP contribution in [0.1, 0.15) is 5.56 Å². The number of ether oxygens (including phenoxy) is 2. The smallest absolute Gasteiger partial charge is 0.335 e. The summed E-state index contributed by atoms with van der Waals surface area (Å²) in [5, 5.41) is 5.26. The molecule has 9 nitrogen and oxygen atoms in total. The van der Waals surface area contributed by atoms with Crippen molar-refractivity contribution >= 4 is 91.3 Å². The summed E-state index contributed by atoms with van der Waals surface area (Å²) in [4.78, 5) is 51.4. The minimum Gasteiger partial charge on any atom is -0.493 e. The number of carbonyl (C=O) groups is 4. The number of hydrogen-bond donors (Lipinski definition) is 2. The zero-order chi connectivity index (χ0) is 27.4. The van der Waals surface area contributed by atoms with Crippen molar-refractivity contribution in [2.24, 2.45) is 0 Å². The standard InChI is InChI=1S/C26H18BrClIN3O6/c1-37-21-12-14(11-19(29)23(21)38-13-22(33)30-20-5-3-2-4-18(20)28)10-17-24(34)31-26(36)32(25(17)35)16-8-6-15(27)7-9-16/h2-12H,13H2,1H3,(H,30,33)(H,31,34,36)/b17-10+. The lowest BCUT2D eigenvalue weighted by atomic mass is 10.1. The first-order valence-corrected chi connectivity index (χ1v) is 13.1. The van der Waals surface area contributed by atoms with Crippen molar-refractivity contribution in [3.05, 3.63) is 84.9 Å². The second-order valence-corrected chi connectivity index (χ2v) is 10.3. The summed E-state index contributed by atoms with van der Waals surface area (Å²) in [5.74, 6) is -1.44. The van der Waals surface area contributed by atoms with Crippen molar-refractivity contribution in [2.45, 2.75) is 0 Å². The number of amides is 5. The van der Waals surface area contributed by atoms with Crippen LogP contribution in [0.4, 0.5) is 16.2 Å². The molecular formula is C26H18BrClIN3O6. The van der Waals surface area contributed by atoms with Crippen LogP contribution in [-0.4, -0.2) is 37.5 Å². The molecule has 0 atom stereocenters. The fourth-order valence-corrected chi connectivity index (χ4v) is 4.73. The molecule has 0 saturated carbocycles. The normalized spacial score (nSPS) is 14.4. The number of imide groups is 2. The Balaban J connectivity index is 1.56. The number of benzene rings is 3. The number of hydrogen-bond acceptors (Lipinski definition) is 6. The molecular weight excluding hydrogens is 693 g/mol. The Bertz CT molecular complexity index is 1480. The van der Waals surface area contributed by atoms with E-state index in [0.717, 1.165) is 9.37 Å². The van der Waals surface area contributed by atoms with Gasteiger partial charge in [0, 0.05) is 4.47 Å². The number of halogens is 3. The predicted molar refractivity (Wildman–Crippen MR) is 154 cm³/mol. The number of para-hydroxylation sites is 1. The minimum atomic E-state index is -0.842. The van der Waals surface area contributed by atoms with Crippen LogP contribution in [-0.2, 0) is 14.4 Å². The fourth-order valence-electron chi connectivity index (χ4n) is 3.50. The summed E-state index contributed by atoms with van der Waals surface area (Å²) in [6.45, 7) is -0.316. The maximum absolute atomic E-state index is 13.1. The Kier molecular flexibility index (Phi) is 8.69. The molecule has 5 amide bonds. The number of urea groups is 1. The molecule has 194 valence electrons. The minimum absolute atomic E-state index is 0.238. The molecule has 1 fully saturated rings. The summed E-state index contributed by atoms with van der Waals surface area (Å²) < 4.78 is 12.5. The first-order valence-electron chi connectivity index (χ1n) is 10.9. The molecule has 0 aliphatic carbocycles. The summed E-state index contributed by atoms with van der Waals surface area (Å²) in [7, 11) is 1.42. The molecule has 1 saturated heterocycles. The van der Waals surface area contributed by atoms with Crippen molar-refractivity contribution in [1.82, 2.24) is 5.32 Å². The largest absolute Gasteiger partial charge is 0.493 e. The highest BCUT2D eigenvalue weighted by Gasteiger charge is 2.36. The second-order valence-electron chi connectivity index (χ2n) is 7.79. The third-order valence-electron chi connectivity index (χ3n) is 5.24. The molecule has 4 rings (SSSR count). The van der Waals surface area contributed by atoms with E-state index in [4.69, 9.17) is 21.1 Å². The number of nitrogens with one attached hydrogen (secondary N) is 2. The average Bonchev–Trinajstić information content (AvgIpc) is 2.88. The van der Waals surface area contributed by atoms with E-state index >= 15 is 0 Å². The zero-order valence-electron chi connectivity index (χ0n) is 19.6. The Morgan fingerprint density at radius 1 is 1.13 bits per heavy atom. The van der Waals surface area contributed by atoms with Crippen LogP contribution < -0.4 is 25.0 Å². The fraction of sp³-hybridized carbons (Fsp3) is 0.0769. The average molecular weight is 711 g/mol. The van der Waals surface area contributed by atoms with Crippen molar-refractivity contribution in [3.63, 3.8) is 0 Å². The molecule has 3 aromatic carbocycles. The van der Waals surface area contributed by atoms with E-state index in [-0.39, 0.29) is 17.9 Å². The molecule has 0 aromatic heterocycles. The summed E-state index contributed by atoms with van der Waals surface area (Å²) >= 11 is 11.4. The van der Waals surface area contributed by atoms with Gasteiger partial charge < -0.3 is 14.8 Å². The van der Waals surface area contributed by atoms with Gasteiger partial charge in [0.05, 0.1) is 27.1 Å². The van der Waals surface area contributed by atoms with Gasteiger partial charge in [-0.1, -0.05) is 39.7 Å². The lowest BCUT2D eigenvalue weighted by Crippen LogP contribution is -2.54. The lowest BCUT2D eigenvalue weighted by molar-refractivity contribution is -0.122. The number of rotatable bonds is 7. The third-order valence-corrected chi connectivity index (χ3v) is 6.90. The topological polar surface area (TPSA) is 114 Å². The number of nitrogens with zero attached hydrogens (tertiary/aromatic N) is 1. The zero-order valence-corrected chi connectivity index (χ0v) is 24.1. The molecule has 0 unspecified atom stereocenters. The van der Waals surface area contributed by atoms with Crippen LogP contribution >= 0.6 is 50.1 Å². The summed E-state index contributed by atoms with van der Waals surface area (Å²) in [5.41, 5.74) is 0.971. The van der Waals surface area contributed by atoms with E-state index in [9.17, 15) is 19.2 Å². The van der Waals surface area contributed by atoms with Crippen LogP contribution in [0.2, 0.25) is 5.02 Å². The molecule has 0 radical (unpaired) electrons. The van der Waals surface area contributed by atoms with Crippen molar-refractivity contribution in [3.8, 4) is 11.5 Å². The number of barbiturate groups is 1. The Morgan fingerprint density at radius 2 is 1.84 bits per heavy atom. The van der Waals surface area contributed by atoms with E-state index in [1.54, 1.807) is 60.7 Å². The highest BCUT2D eigenvalue weighted by molar-refractivity contribution is 14.1. The van der Waals surface area contributed by atoms with Crippen LogP contribution in [0.15, 0.2) is 70.7 Å². The monoisotopic (exact) mass is 709 g/mol. The number of methoxy groups -OCH3 is 1. The SMILES string of the molecule is COc1cc(/C=C2\C(=O)NC(=O)N(c3ccc(Br)cc3)C2=O)cc(I)c1OCC(=O)Nc1ccccc1Cl. The van der Waals surface area contributed by atoms with Gasteiger partial charge in [-0.15, -0.1) is 0 Å². The van der Waals surface area contributed by atoms with E-state index in [1.165, 1.54) is 13.2 Å². The van der Waals surface area contributed by atoms with Crippen molar-refractivity contribution in [2.75, 3.05) is 23.9 Å². The Hall–Kier alpha value is -3.42. The molecule has 38 heavy (non-hydrogen) atoms. The molecule has 3 aromatic rings. The van der Waals surface area contributed by atoms with Crippen LogP contribution in [0.3, 0.4) is 0 Å². The van der Waals surface area contributed by atoms with E-state index < -0.39 is 23.8 Å². The van der Waals surface area contributed by atoms with Gasteiger partial charge in [-0.3, -0.25) is 19.7 Å². The first kappa shape index (κ1) is 27.6. The maximum Gasteiger partial charge on any atom is 0.335 e. The van der Waals surface area contributed by atoms with E-state index in [2.05, 4.69) is 26.6 Å². The molecule has 2 N–H and O–H groups in total. The van der Waals surface area contributed by atoms with Gasteiger partial charge in [0.15, 0.2) is 18.1 Å². The van der Waals surface area contributed by atoms with Gasteiger partial charge in [0.2, 0.25) is 0 Å². The van der Waals surface area contributed by atoms with Gasteiger partial charge >= 0.3 is 6.03 Å². The first-order chi connectivity index (χ1) is 18.2. The highest BCUT2D eigenvalue weighted by atomic mass is 127. The van der Waals surface area contributed by atoms with Gasteiger partial charge in [0.1, 0.15) is 5.57 Å². The van der Waals surface area contributed by atoms with Gasteiger partial charge in [-0.25, -0.2) is 9.69 Å². The molecule has 0 bridgehead atoms. The second kappa shape index (κ2) is 12.0. The molecule has 1 heterocycles.